The average Bonchev–Trinajstić information content (AvgIpc) is 2.74. The number of halogens is 3. The van der Waals surface area contributed by atoms with Gasteiger partial charge in [0.25, 0.3) is 0 Å². The van der Waals surface area contributed by atoms with Crippen molar-refractivity contribution in [2.24, 2.45) is 0 Å². The van der Waals surface area contributed by atoms with Crippen molar-refractivity contribution in [1.29, 1.82) is 0 Å². The Labute approximate surface area is 216 Å². The van der Waals surface area contributed by atoms with Crippen molar-refractivity contribution in [2.75, 3.05) is 17.1 Å². The fourth-order valence-corrected chi connectivity index (χ4v) is 4.70. The van der Waals surface area contributed by atoms with Crippen LogP contribution in [0, 0.1) is 0 Å². The minimum Gasteiger partial charge on any atom is -0.352 e. The van der Waals surface area contributed by atoms with Crippen LogP contribution in [0.5, 0.6) is 0 Å². The summed E-state index contributed by atoms with van der Waals surface area (Å²) in [6.45, 7) is 4.84. The first-order valence-corrected chi connectivity index (χ1v) is 13.6. The van der Waals surface area contributed by atoms with Gasteiger partial charge in [-0.15, -0.1) is 0 Å². The number of anilines is 1. The van der Waals surface area contributed by atoms with Crippen LogP contribution >= 0.6 is 34.8 Å². The molecule has 7 nitrogen and oxygen atoms in total. The molecule has 0 aliphatic rings. The van der Waals surface area contributed by atoms with E-state index in [-0.39, 0.29) is 34.2 Å². The van der Waals surface area contributed by atoms with E-state index in [4.69, 9.17) is 34.8 Å². The van der Waals surface area contributed by atoms with Crippen LogP contribution in [0.3, 0.4) is 0 Å². The molecule has 0 bridgehead atoms. The van der Waals surface area contributed by atoms with Gasteiger partial charge >= 0.3 is 0 Å². The maximum Gasteiger partial charge on any atom is 0.244 e. The van der Waals surface area contributed by atoms with Gasteiger partial charge in [0.2, 0.25) is 21.8 Å². The largest absolute Gasteiger partial charge is 0.352 e. The summed E-state index contributed by atoms with van der Waals surface area (Å²) in [4.78, 5) is 27.7. The highest BCUT2D eigenvalue weighted by Crippen LogP contribution is 2.27. The summed E-state index contributed by atoms with van der Waals surface area (Å²) in [6, 6.07) is 10.2. The van der Waals surface area contributed by atoms with Gasteiger partial charge in [0.1, 0.15) is 12.6 Å². The zero-order valence-electron chi connectivity index (χ0n) is 19.4. The van der Waals surface area contributed by atoms with E-state index >= 15 is 0 Å². The predicted octanol–water partition coefficient (Wildman–Crippen LogP) is 4.74. The van der Waals surface area contributed by atoms with Crippen LogP contribution in [0.4, 0.5) is 5.69 Å². The minimum atomic E-state index is -3.89. The van der Waals surface area contributed by atoms with Crippen LogP contribution in [0.2, 0.25) is 15.1 Å². The molecule has 0 spiro atoms. The monoisotopic (exact) mass is 547 g/mol. The van der Waals surface area contributed by atoms with Crippen molar-refractivity contribution in [3.63, 3.8) is 0 Å². The van der Waals surface area contributed by atoms with Gasteiger partial charge in [0.05, 0.1) is 11.9 Å². The molecule has 0 fully saturated rings. The van der Waals surface area contributed by atoms with Crippen LogP contribution < -0.4 is 9.62 Å². The Bertz CT molecular complexity index is 1120. The van der Waals surface area contributed by atoms with Crippen molar-refractivity contribution in [1.82, 2.24) is 10.2 Å². The van der Waals surface area contributed by atoms with Gasteiger partial charge in [-0.2, -0.15) is 0 Å². The van der Waals surface area contributed by atoms with Gasteiger partial charge < -0.3 is 10.2 Å². The first kappa shape index (κ1) is 28.2. The summed E-state index contributed by atoms with van der Waals surface area (Å²) in [5.74, 6) is -0.945. The number of hydrogen-bond acceptors (Lipinski definition) is 4. The number of sulfonamides is 1. The molecule has 0 aromatic heterocycles. The molecule has 34 heavy (non-hydrogen) atoms. The van der Waals surface area contributed by atoms with Gasteiger partial charge in [-0.3, -0.25) is 13.9 Å². The lowest BCUT2D eigenvalue weighted by Gasteiger charge is -2.32. The molecular weight excluding hydrogens is 521 g/mol. The minimum absolute atomic E-state index is 0.0154. The Balaban J connectivity index is 2.43. The molecule has 0 radical (unpaired) electrons. The molecule has 0 unspecified atom stereocenters. The highest BCUT2D eigenvalue weighted by molar-refractivity contribution is 7.92. The third kappa shape index (κ3) is 7.77. The molecule has 0 aliphatic heterocycles. The fourth-order valence-electron chi connectivity index (χ4n) is 3.16. The molecular formula is C23H28Cl3N3O4S. The second-order valence-electron chi connectivity index (χ2n) is 8.00. The van der Waals surface area contributed by atoms with Gasteiger partial charge in [0, 0.05) is 27.7 Å². The summed E-state index contributed by atoms with van der Waals surface area (Å²) < 4.78 is 26.1. The fraction of sp³-hybridized carbons (Fsp3) is 0.391. The van der Waals surface area contributed by atoms with E-state index in [2.05, 4.69) is 5.32 Å². The van der Waals surface area contributed by atoms with Crippen molar-refractivity contribution in [2.45, 2.75) is 45.8 Å². The number of benzene rings is 2. The summed E-state index contributed by atoms with van der Waals surface area (Å²) in [7, 11) is -3.89. The molecule has 2 aromatic carbocycles. The molecule has 11 heteroatoms. The summed E-state index contributed by atoms with van der Waals surface area (Å²) in [5.41, 5.74) is 0.764. The van der Waals surface area contributed by atoms with Crippen LogP contribution in [-0.2, 0) is 26.2 Å². The second-order valence-corrected chi connectivity index (χ2v) is 11.2. The number of amides is 2. The number of rotatable bonds is 10. The Hall–Kier alpha value is -2.00. The zero-order chi connectivity index (χ0) is 25.6. The number of nitrogens with one attached hydrogen (secondary N) is 1. The third-order valence-corrected chi connectivity index (χ3v) is 7.23. The lowest BCUT2D eigenvalue weighted by molar-refractivity contribution is -0.139. The van der Waals surface area contributed by atoms with E-state index in [1.54, 1.807) is 31.2 Å². The van der Waals surface area contributed by atoms with E-state index in [9.17, 15) is 18.0 Å². The molecule has 0 heterocycles. The smallest absolute Gasteiger partial charge is 0.244 e. The normalized spacial score (nSPS) is 13.1. The molecule has 1 N–H and O–H groups in total. The molecule has 0 aliphatic carbocycles. The number of nitrogens with zero attached hydrogens (tertiary/aromatic N) is 2. The van der Waals surface area contributed by atoms with Gasteiger partial charge in [-0.05, 0) is 50.1 Å². The SMILES string of the molecule is CC[C@H](C)NC(=O)[C@H](C)N(Cc1ccccc1Cl)C(=O)CN(c1cc(Cl)cc(Cl)c1)S(C)(=O)=O. The summed E-state index contributed by atoms with van der Waals surface area (Å²) in [5, 5.41) is 3.73. The Kier molecular flexibility index (Phi) is 10.1. The van der Waals surface area contributed by atoms with Gasteiger partial charge in [0.15, 0.2) is 0 Å². The van der Waals surface area contributed by atoms with E-state index < -0.39 is 28.5 Å². The van der Waals surface area contributed by atoms with Crippen molar-refractivity contribution >= 4 is 62.3 Å². The molecule has 2 rings (SSSR count). The van der Waals surface area contributed by atoms with Crippen LogP contribution in [0.1, 0.15) is 32.8 Å². The number of carbonyl (C=O) groups excluding carboxylic acids is 2. The summed E-state index contributed by atoms with van der Waals surface area (Å²) >= 11 is 18.4. The maximum absolute atomic E-state index is 13.5. The van der Waals surface area contributed by atoms with Crippen LogP contribution in [-0.4, -0.2) is 50.0 Å². The van der Waals surface area contributed by atoms with Gasteiger partial charge in [-0.1, -0.05) is 59.9 Å². The molecule has 0 saturated heterocycles. The van der Waals surface area contributed by atoms with E-state index in [0.29, 0.717) is 17.0 Å². The first-order chi connectivity index (χ1) is 15.8. The molecule has 0 saturated carbocycles. The van der Waals surface area contributed by atoms with Crippen molar-refractivity contribution < 1.29 is 18.0 Å². The van der Waals surface area contributed by atoms with Crippen LogP contribution in [0.25, 0.3) is 0 Å². The lowest BCUT2D eigenvalue weighted by atomic mass is 10.1. The van der Waals surface area contributed by atoms with Crippen LogP contribution in [0.15, 0.2) is 42.5 Å². The molecule has 2 atom stereocenters. The van der Waals surface area contributed by atoms with Crippen molar-refractivity contribution in [3.05, 3.63) is 63.1 Å². The quantitative estimate of drug-likeness (QED) is 0.464. The Morgan fingerprint density at radius 2 is 1.62 bits per heavy atom. The first-order valence-electron chi connectivity index (χ1n) is 10.6. The molecule has 2 amide bonds. The highest BCUT2D eigenvalue weighted by Gasteiger charge is 2.31. The second kappa shape index (κ2) is 12.1. The molecule has 186 valence electrons. The van der Waals surface area contributed by atoms with E-state index in [1.807, 2.05) is 13.8 Å². The number of hydrogen-bond donors (Lipinski definition) is 1. The highest BCUT2D eigenvalue weighted by atomic mass is 35.5. The maximum atomic E-state index is 13.5. The predicted molar refractivity (Wildman–Crippen MR) is 138 cm³/mol. The third-order valence-electron chi connectivity index (χ3n) is 5.28. The molecule has 2 aromatic rings. The van der Waals surface area contributed by atoms with E-state index in [1.165, 1.54) is 23.1 Å². The topological polar surface area (TPSA) is 86.8 Å². The Morgan fingerprint density at radius 1 is 1.03 bits per heavy atom. The van der Waals surface area contributed by atoms with Crippen molar-refractivity contribution in [3.8, 4) is 0 Å². The van der Waals surface area contributed by atoms with Gasteiger partial charge in [-0.25, -0.2) is 8.42 Å². The standard InChI is InChI=1S/C23H28Cl3N3O4S/c1-5-15(2)27-23(31)16(3)28(13-17-8-6-7-9-21(17)26)22(30)14-29(34(4,32)33)20-11-18(24)10-19(25)12-20/h6-12,15-16H,5,13-14H2,1-4H3,(H,27,31)/t15-,16-/m0/s1. The number of carbonyl (C=O) groups is 2. The Morgan fingerprint density at radius 3 is 2.15 bits per heavy atom. The van der Waals surface area contributed by atoms with E-state index in [0.717, 1.165) is 10.6 Å². The lowest BCUT2D eigenvalue weighted by Crippen LogP contribution is -2.52. The summed E-state index contributed by atoms with van der Waals surface area (Å²) in [6.07, 6.45) is 1.70. The average molecular weight is 549 g/mol. The zero-order valence-corrected chi connectivity index (χ0v) is 22.5.